The largest absolute Gasteiger partial charge is 0.465 e. The maximum Gasteiger partial charge on any atom is 0.339 e. The summed E-state index contributed by atoms with van der Waals surface area (Å²) in [5, 5.41) is 2.62. The van der Waals surface area contributed by atoms with Crippen molar-refractivity contribution in [3.63, 3.8) is 0 Å². The van der Waals surface area contributed by atoms with Crippen LogP contribution in [0.3, 0.4) is 0 Å². The van der Waals surface area contributed by atoms with Gasteiger partial charge in [0.05, 0.1) is 18.4 Å². The highest BCUT2D eigenvalue weighted by molar-refractivity contribution is 6.03. The number of anilines is 1. The minimum atomic E-state index is -0.976. The standard InChI is InChI=1S/C16H21NO5/c1-10(18)22-13(16(2,3)4)14(19)17-12-9-7-6-8-11(12)15(20)21-5/h6-9,13H,1-5H3,(H,17,19)/t13-/m1/s1. The first-order valence-electron chi connectivity index (χ1n) is 6.82. The van der Waals surface area contributed by atoms with E-state index in [4.69, 9.17) is 4.74 Å². The molecule has 6 nitrogen and oxygen atoms in total. The molecular weight excluding hydrogens is 286 g/mol. The summed E-state index contributed by atoms with van der Waals surface area (Å²) in [7, 11) is 1.26. The Bertz CT molecular complexity index is 574. The van der Waals surface area contributed by atoms with Gasteiger partial charge in [0.1, 0.15) is 0 Å². The lowest BCUT2D eigenvalue weighted by atomic mass is 9.88. The van der Waals surface area contributed by atoms with Gasteiger partial charge in [-0.15, -0.1) is 0 Å². The summed E-state index contributed by atoms with van der Waals surface area (Å²) in [4.78, 5) is 35.3. The summed E-state index contributed by atoms with van der Waals surface area (Å²) in [6.07, 6.45) is -0.976. The molecule has 0 radical (unpaired) electrons. The Morgan fingerprint density at radius 3 is 2.23 bits per heavy atom. The summed E-state index contributed by atoms with van der Waals surface area (Å²) in [5.74, 6) is -1.61. The smallest absolute Gasteiger partial charge is 0.339 e. The van der Waals surface area contributed by atoms with Crippen molar-refractivity contribution < 1.29 is 23.9 Å². The highest BCUT2D eigenvalue weighted by atomic mass is 16.5. The Morgan fingerprint density at radius 1 is 1.14 bits per heavy atom. The summed E-state index contributed by atoms with van der Waals surface area (Å²) >= 11 is 0. The van der Waals surface area contributed by atoms with Crippen LogP contribution in [0.25, 0.3) is 0 Å². The van der Waals surface area contributed by atoms with Gasteiger partial charge in [-0.2, -0.15) is 0 Å². The lowest BCUT2D eigenvalue weighted by Gasteiger charge is -2.28. The van der Waals surface area contributed by atoms with Crippen LogP contribution in [0.15, 0.2) is 24.3 Å². The van der Waals surface area contributed by atoms with E-state index in [0.29, 0.717) is 5.69 Å². The molecule has 0 fully saturated rings. The van der Waals surface area contributed by atoms with Crippen LogP contribution in [-0.2, 0) is 19.1 Å². The third kappa shape index (κ3) is 4.58. The Kier molecular flexibility index (Phi) is 5.68. The SMILES string of the molecule is COC(=O)c1ccccc1NC(=O)[C@@H](OC(C)=O)C(C)(C)C. The number of hydrogen-bond acceptors (Lipinski definition) is 5. The first-order valence-corrected chi connectivity index (χ1v) is 6.82. The molecule has 1 aromatic rings. The Labute approximate surface area is 129 Å². The number of carbonyl (C=O) groups excluding carboxylic acids is 3. The highest BCUT2D eigenvalue weighted by Crippen LogP contribution is 2.25. The molecule has 1 amide bonds. The first-order chi connectivity index (χ1) is 10.2. The molecule has 0 aliphatic heterocycles. The molecule has 0 bridgehead atoms. The van der Waals surface area contributed by atoms with Crippen molar-refractivity contribution in [2.24, 2.45) is 5.41 Å². The van der Waals surface area contributed by atoms with E-state index in [1.165, 1.54) is 14.0 Å². The predicted molar refractivity (Wildman–Crippen MR) is 81.4 cm³/mol. The Balaban J connectivity index is 3.04. The summed E-state index contributed by atoms with van der Waals surface area (Å²) in [6, 6.07) is 6.46. The van der Waals surface area contributed by atoms with Crippen molar-refractivity contribution in [1.29, 1.82) is 0 Å². The van der Waals surface area contributed by atoms with Crippen LogP contribution in [0, 0.1) is 5.41 Å². The molecule has 0 aromatic heterocycles. The van der Waals surface area contributed by atoms with Gasteiger partial charge in [-0.25, -0.2) is 4.79 Å². The molecule has 0 unspecified atom stereocenters. The minimum Gasteiger partial charge on any atom is -0.465 e. The molecular formula is C16H21NO5. The fraction of sp³-hybridized carbons (Fsp3) is 0.438. The van der Waals surface area contributed by atoms with Gasteiger partial charge in [-0.3, -0.25) is 9.59 Å². The molecule has 1 N–H and O–H groups in total. The Hall–Kier alpha value is -2.37. The number of nitrogens with one attached hydrogen (secondary N) is 1. The first kappa shape index (κ1) is 17.7. The number of hydrogen-bond donors (Lipinski definition) is 1. The van der Waals surface area contributed by atoms with E-state index in [9.17, 15) is 14.4 Å². The predicted octanol–water partition coefficient (Wildman–Crippen LogP) is 2.39. The number of amides is 1. The fourth-order valence-corrected chi connectivity index (χ4v) is 1.87. The summed E-state index contributed by atoms with van der Waals surface area (Å²) < 4.78 is 9.78. The average Bonchev–Trinajstić information content (AvgIpc) is 2.43. The number of methoxy groups -OCH3 is 1. The summed E-state index contributed by atoms with van der Waals surface area (Å²) in [6.45, 7) is 6.60. The number of rotatable bonds is 4. The number of para-hydroxylation sites is 1. The van der Waals surface area contributed by atoms with Gasteiger partial charge in [0, 0.05) is 12.3 Å². The molecule has 1 atom stereocenters. The van der Waals surface area contributed by atoms with Gasteiger partial charge < -0.3 is 14.8 Å². The molecule has 0 saturated carbocycles. The van der Waals surface area contributed by atoms with E-state index in [2.05, 4.69) is 10.1 Å². The number of benzene rings is 1. The maximum atomic E-state index is 12.4. The topological polar surface area (TPSA) is 81.7 Å². The van der Waals surface area contributed by atoms with E-state index in [0.717, 1.165) is 0 Å². The normalized spacial score (nSPS) is 12.2. The highest BCUT2D eigenvalue weighted by Gasteiger charge is 2.34. The molecule has 6 heteroatoms. The lowest BCUT2D eigenvalue weighted by molar-refractivity contribution is -0.158. The van der Waals surface area contributed by atoms with E-state index in [-0.39, 0.29) is 5.56 Å². The van der Waals surface area contributed by atoms with Gasteiger partial charge >= 0.3 is 11.9 Å². The van der Waals surface area contributed by atoms with Crippen molar-refractivity contribution >= 4 is 23.5 Å². The molecule has 0 aliphatic rings. The second-order valence-electron chi connectivity index (χ2n) is 5.88. The average molecular weight is 307 g/mol. The van der Waals surface area contributed by atoms with Crippen LogP contribution in [0.5, 0.6) is 0 Å². The van der Waals surface area contributed by atoms with Crippen molar-refractivity contribution in [2.75, 3.05) is 12.4 Å². The third-order valence-corrected chi connectivity index (χ3v) is 2.90. The molecule has 1 aromatic carbocycles. The van der Waals surface area contributed by atoms with Crippen LogP contribution in [0.1, 0.15) is 38.1 Å². The van der Waals surface area contributed by atoms with Crippen molar-refractivity contribution in [3.05, 3.63) is 29.8 Å². The second kappa shape index (κ2) is 7.06. The van der Waals surface area contributed by atoms with E-state index in [1.54, 1.807) is 45.0 Å². The van der Waals surface area contributed by atoms with Gasteiger partial charge in [0.2, 0.25) is 0 Å². The molecule has 22 heavy (non-hydrogen) atoms. The van der Waals surface area contributed by atoms with E-state index in [1.807, 2.05) is 0 Å². The molecule has 0 aliphatic carbocycles. The van der Waals surface area contributed by atoms with E-state index < -0.39 is 29.4 Å². The maximum absolute atomic E-state index is 12.4. The zero-order valence-electron chi connectivity index (χ0n) is 13.4. The fourth-order valence-electron chi connectivity index (χ4n) is 1.87. The zero-order valence-corrected chi connectivity index (χ0v) is 13.4. The van der Waals surface area contributed by atoms with Gasteiger partial charge in [0.25, 0.3) is 5.91 Å². The van der Waals surface area contributed by atoms with Crippen LogP contribution in [-0.4, -0.2) is 31.1 Å². The molecule has 1 rings (SSSR count). The second-order valence-corrected chi connectivity index (χ2v) is 5.88. The number of ether oxygens (including phenoxy) is 2. The quantitative estimate of drug-likeness (QED) is 0.864. The van der Waals surface area contributed by atoms with Crippen molar-refractivity contribution in [1.82, 2.24) is 0 Å². The van der Waals surface area contributed by atoms with Crippen LogP contribution >= 0.6 is 0 Å². The van der Waals surface area contributed by atoms with E-state index >= 15 is 0 Å². The monoisotopic (exact) mass is 307 g/mol. The molecule has 0 heterocycles. The van der Waals surface area contributed by atoms with Crippen LogP contribution in [0.4, 0.5) is 5.69 Å². The zero-order chi connectivity index (χ0) is 16.9. The van der Waals surface area contributed by atoms with Gasteiger partial charge in [0.15, 0.2) is 6.10 Å². The van der Waals surface area contributed by atoms with Gasteiger partial charge in [-0.1, -0.05) is 32.9 Å². The number of carbonyl (C=O) groups is 3. The lowest BCUT2D eigenvalue weighted by Crippen LogP contribution is -2.42. The molecule has 0 saturated heterocycles. The Morgan fingerprint density at radius 2 is 1.73 bits per heavy atom. The third-order valence-electron chi connectivity index (χ3n) is 2.90. The number of esters is 2. The van der Waals surface area contributed by atoms with Crippen molar-refractivity contribution in [2.45, 2.75) is 33.8 Å². The van der Waals surface area contributed by atoms with Gasteiger partial charge in [-0.05, 0) is 12.1 Å². The minimum absolute atomic E-state index is 0.230. The van der Waals surface area contributed by atoms with Crippen molar-refractivity contribution in [3.8, 4) is 0 Å². The summed E-state index contributed by atoms with van der Waals surface area (Å²) in [5.41, 5.74) is -0.0507. The molecule has 120 valence electrons. The van der Waals surface area contributed by atoms with Crippen LogP contribution in [0.2, 0.25) is 0 Å². The molecule has 0 spiro atoms. The van der Waals surface area contributed by atoms with Crippen LogP contribution < -0.4 is 5.32 Å².